The summed E-state index contributed by atoms with van der Waals surface area (Å²) in [5.74, 6) is 2.01. The van der Waals surface area contributed by atoms with E-state index in [-0.39, 0.29) is 0 Å². The van der Waals surface area contributed by atoms with Crippen molar-refractivity contribution >= 4 is 11.1 Å². The number of nitrogens with zero attached hydrogens (tertiary/aromatic N) is 1. The third kappa shape index (κ3) is 4.28. The van der Waals surface area contributed by atoms with Crippen LogP contribution >= 0.6 is 0 Å². The van der Waals surface area contributed by atoms with Gasteiger partial charge in [0, 0.05) is 12.1 Å². The molecule has 0 amide bonds. The molecule has 33 heavy (non-hydrogen) atoms. The Labute approximate surface area is 196 Å². The van der Waals surface area contributed by atoms with E-state index in [0.29, 0.717) is 5.92 Å². The molecule has 1 heterocycles. The molecule has 3 aromatic rings. The van der Waals surface area contributed by atoms with Crippen LogP contribution in [0.4, 0.5) is 0 Å². The normalized spacial score (nSPS) is 23.4. The van der Waals surface area contributed by atoms with Crippen molar-refractivity contribution < 1.29 is 0 Å². The molecule has 0 radical (unpaired) electrons. The molecule has 1 aromatic heterocycles. The Bertz CT molecular complexity index is 1290. The summed E-state index contributed by atoms with van der Waals surface area (Å²) in [6.45, 7) is 2.21. The van der Waals surface area contributed by atoms with Crippen molar-refractivity contribution in [3.8, 4) is 11.1 Å². The van der Waals surface area contributed by atoms with Gasteiger partial charge in [-0.1, -0.05) is 90.6 Å². The Morgan fingerprint density at radius 3 is 2.45 bits per heavy atom. The summed E-state index contributed by atoms with van der Waals surface area (Å²) in [5.41, 5.74) is 10.3. The zero-order valence-corrected chi connectivity index (χ0v) is 19.1. The van der Waals surface area contributed by atoms with Crippen molar-refractivity contribution in [2.75, 3.05) is 0 Å². The minimum Gasteiger partial charge on any atom is -0.256 e. The summed E-state index contributed by atoms with van der Waals surface area (Å²) >= 11 is 0. The van der Waals surface area contributed by atoms with E-state index in [1.807, 2.05) is 12.3 Å². The van der Waals surface area contributed by atoms with Crippen molar-refractivity contribution in [2.45, 2.75) is 32.1 Å². The first-order chi connectivity index (χ1) is 16.2. The molecule has 1 saturated carbocycles. The van der Waals surface area contributed by atoms with Gasteiger partial charge in [0.05, 0.1) is 5.69 Å². The molecule has 3 atom stereocenters. The number of fused-ring (bicyclic) bond motifs is 1. The second kappa shape index (κ2) is 8.48. The van der Waals surface area contributed by atoms with Crippen LogP contribution in [0, 0.1) is 18.8 Å². The highest BCUT2D eigenvalue weighted by molar-refractivity contribution is 5.78. The quantitative estimate of drug-likeness (QED) is 0.409. The van der Waals surface area contributed by atoms with E-state index < -0.39 is 0 Å². The number of allylic oxidation sites excluding steroid dienone is 8. The number of aryl methyl sites for hydroxylation is 1. The molecule has 3 aliphatic carbocycles. The molecule has 0 spiro atoms. The number of hydrogen-bond donors (Lipinski definition) is 0. The topological polar surface area (TPSA) is 12.9 Å². The Hall–Kier alpha value is -3.45. The van der Waals surface area contributed by atoms with Gasteiger partial charge in [-0.05, 0) is 83.6 Å². The minimum absolute atomic E-state index is 0.421. The second-order valence-corrected chi connectivity index (χ2v) is 9.67. The maximum absolute atomic E-state index is 4.53. The highest BCUT2D eigenvalue weighted by Gasteiger charge is 2.35. The van der Waals surface area contributed by atoms with Gasteiger partial charge in [-0.25, -0.2) is 0 Å². The van der Waals surface area contributed by atoms with Crippen LogP contribution in [-0.2, 0) is 0 Å². The zero-order valence-electron chi connectivity index (χ0n) is 19.1. The summed E-state index contributed by atoms with van der Waals surface area (Å²) < 4.78 is 0. The number of aromatic nitrogens is 1. The highest BCUT2D eigenvalue weighted by atomic mass is 14.7. The molecule has 1 fully saturated rings. The number of pyridine rings is 1. The van der Waals surface area contributed by atoms with Crippen molar-refractivity contribution in [2.24, 2.45) is 11.8 Å². The van der Waals surface area contributed by atoms with Gasteiger partial charge in [-0.2, -0.15) is 0 Å². The predicted molar refractivity (Wildman–Crippen MR) is 139 cm³/mol. The second-order valence-electron chi connectivity index (χ2n) is 9.67. The van der Waals surface area contributed by atoms with Gasteiger partial charge in [-0.3, -0.25) is 4.98 Å². The molecule has 162 valence electrons. The summed E-state index contributed by atoms with van der Waals surface area (Å²) in [5, 5.41) is 0. The SMILES string of the molecule is Cc1cc(-c2ccc(C3=CC4CC4C=C3)cc2)cc(C2C=CC(c3ccccn3)=CCC2)c1. The van der Waals surface area contributed by atoms with Gasteiger partial charge in [0.2, 0.25) is 0 Å². The molecular formula is C32H29N. The standard InChI is InChI=1S/C32H29N/c1-22-17-29(23-5-4-6-26(13-12-23)32-7-2-3-16-33-32)21-30(18-22)25-10-8-24(9-11-25)27-14-15-28-20-31(28)19-27/h2-3,6-19,21,23,28,31H,4-5,20H2,1H3. The van der Waals surface area contributed by atoms with E-state index in [4.69, 9.17) is 0 Å². The van der Waals surface area contributed by atoms with Crippen LogP contribution in [0.3, 0.4) is 0 Å². The van der Waals surface area contributed by atoms with Gasteiger partial charge >= 0.3 is 0 Å². The highest BCUT2D eigenvalue weighted by Crippen LogP contribution is 2.46. The molecule has 0 N–H and O–H groups in total. The number of benzene rings is 2. The van der Waals surface area contributed by atoms with Crippen molar-refractivity contribution in [3.63, 3.8) is 0 Å². The summed E-state index contributed by atoms with van der Waals surface area (Å²) in [6.07, 6.45) is 19.5. The van der Waals surface area contributed by atoms with Gasteiger partial charge in [0.1, 0.15) is 0 Å². The number of hydrogen-bond acceptors (Lipinski definition) is 1. The molecule has 2 aromatic carbocycles. The lowest BCUT2D eigenvalue weighted by atomic mass is 9.90. The molecule has 3 unspecified atom stereocenters. The fraction of sp³-hybridized carbons (Fsp3) is 0.219. The third-order valence-corrected chi connectivity index (χ3v) is 7.20. The molecule has 0 aliphatic heterocycles. The van der Waals surface area contributed by atoms with E-state index in [9.17, 15) is 0 Å². The van der Waals surface area contributed by atoms with Gasteiger partial charge < -0.3 is 0 Å². The lowest BCUT2D eigenvalue weighted by Gasteiger charge is -2.15. The lowest BCUT2D eigenvalue weighted by Crippen LogP contribution is -1.96. The fourth-order valence-electron chi connectivity index (χ4n) is 5.21. The molecule has 3 aliphatic rings. The van der Waals surface area contributed by atoms with Gasteiger partial charge in [0.15, 0.2) is 0 Å². The van der Waals surface area contributed by atoms with Crippen LogP contribution in [0.2, 0.25) is 0 Å². The van der Waals surface area contributed by atoms with Crippen LogP contribution in [0.15, 0.2) is 103 Å². The lowest BCUT2D eigenvalue weighted by molar-refractivity contribution is 0.756. The van der Waals surface area contributed by atoms with Crippen molar-refractivity contribution in [1.29, 1.82) is 0 Å². The first-order valence-corrected chi connectivity index (χ1v) is 12.2. The largest absolute Gasteiger partial charge is 0.256 e. The Balaban J connectivity index is 1.25. The molecular weight excluding hydrogens is 398 g/mol. The average molecular weight is 428 g/mol. The average Bonchev–Trinajstić information content (AvgIpc) is 3.67. The van der Waals surface area contributed by atoms with E-state index >= 15 is 0 Å². The van der Waals surface area contributed by atoms with E-state index in [0.717, 1.165) is 30.4 Å². The Morgan fingerprint density at radius 1 is 0.788 bits per heavy atom. The van der Waals surface area contributed by atoms with Gasteiger partial charge in [-0.15, -0.1) is 0 Å². The van der Waals surface area contributed by atoms with E-state index in [1.54, 1.807) is 0 Å². The van der Waals surface area contributed by atoms with E-state index in [2.05, 4.69) is 103 Å². The fourth-order valence-corrected chi connectivity index (χ4v) is 5.21. The smallest absolute Gasteiger partial charge is 0.0698 e. The molecule has 1 nitrogen and oxygen atoms in total. The molecule has 6 rings (SSSR count). The van der Waals surface area contributed by atoms with Crippen LogP contribution in [0.25, 0.3) is 22.3 Å². The summed E-state index contributed by atoms with van der Waals surface area (Å²) in [6, 6.07) is 22.3. The maximum Gasteiger partial charge on any atom is 0.0698 e. The monoisotopic (exact) mass is 427 g/mol. The molecule has 1 heteroatoms. The van der Waals surface area contributed by atoms with Gasteiger partial charge in [0.25, 0.3) is 0 Å². The van der Waals surface area contributed by atoms with Crippen molar-refractivity contribution in [3.05, 3.63) is 126 Å². The third-order valence-electron chi connectivity index (χ3n) is 7.20. The van der Waals surface area contributed by atoms with Crippen LogP contribution in [-0.4, -0.2) is 4.98 Å². The van der Waals surface area contributed by atoms with Crippen molar-refractivity contribution in [1.82, 2.24) is 4.98 Å². The molecule has 0 saturated heterocycles. The Kier molecular flexibility index (Phi) is 5.19. The van der Waals surface area contributed by atoms with E-state index in [1.165, 1.54) is 45.4 Å². The summed E-state index contributed by atoms with van der Waals surface area (Å²) in [4.78, 5) is 4.53. The van der Waals surface area contributed by atoms with Crippen LogP contribution in [0.1, 0.15) is 47.6 Å². The first kappa shape index (κ1) is 20.2. The molecule has 0 bridgehead atoms. The van der Waals surface area contributed by atoms with Crippen LogP contribution < -0.4 is 0 Å². The predicted octanol–water partition coefficient (Wildman–Crippen LogP) is 8.16. The Morgan fingerprint density at radius 2 is 1.64 bits per heavy atom. The zero-order chi connectivity index (χ0) is 22.2. The minimum atomic E-state index is 0.421. The summed E-state index contributed by atoms with van der Waals surface area (Å²) in [7, 11) is 0. The number of rotatable bonds is 4. The maximum atomic E-state index is 4.53. The van der Waals surface area contributed by atoms with Crippen LogP contribution in [0.5, 0.6) is 0 Å². The first-order valence-electron chi connectivity index (χ1n) is 12.2.